The monoisotopic (exact) mass is 308 g/mol. The molecule has 1 heterocycles. The highest BCUT2D eigenvalue weighted by molar-refractivity contribution is 8.00. The SMILES string of the molecule is CCOC(=O)c1cccc(N2CCSC(C)(C)CC2)c1N. The van der Waals surface area contributed by atoms with Crippen LogP contribution in [0.15, 0.2) is 18.2 Å². The van der Waals surface area contributed by atoms with Crippen molar-refractivity contribution in [2.24, 2.45) is 0 Å². The summed E-state index contributed by atoms with van der Waals surface area (Å²) in [5.41, 5.74) is 8.15. The van der Waals surface area contributed by atoms with E-state index >= 15 is 0 Å². The van der Waals surface area contributed by atoms with Crippen LogP contribution in [0.25, 0.3) is 0 Å². The first-order valence-electron chi connectivity index (χ1n) is 7.39. The normalized spacial score (nSPS) is 18.1. The lowest BCUT2D eigenvalue weighted by molar-refractivity contribution is 0.0527. The minimum absolute atomic E-state index is 0.294. The number of nitrogens with zero attached hydrogens (tertiary/aromatic N) is 1. The molecule has 0 unspecified atom stereocenters. The molecule has 0 spiro atoms. The zero-order chi connectivity index (χ0) is 15.5. The average molecular weight is 308 g/mol. The van der Waals surface area contributed by atoms with Crippen LogP contribution in [0, 0.1) is 0 Å². The number of nitrogens with two attached hydrogens (primary N) is 1. The Morgan fingerprint density at radius 3 is 2.90 bits per heavy atom. The van der Waals surface area contributed by atoms with Crippen molar-refractivity contribution < 1.29 is 9.53 Å². The number of hydrogen-bond donors (Lipinski definition) is 1. The van der Waals surface area contributed by atoms with Crippen molar-refractivity contribution in [3.05, 3.63) is 23.8 Å². The van der Waals surface area contributed by atoms with Gasteiger partial charge in [-0.15, -0.1) is 0 Å². The van der Waals surface area contributed by atoms with Crippen molar-refractivity contribution in [2.45, 2.75) is 31.9 Å². The molecule has 1 aliphatic heterocycles. The molecular weight excluding hydrogens is 284 g/mol. The molecule has 1 fully saturated rings. The van der Waals surface area contributed by atoms with Crippen LogP contribution in [0.1, 0.15) is 37.6 Å². The fourth-order valence-corrected chi connectivity index (χ4v) is 3.58. The van der Waals surface area contributed by atoms with Crippen molar-refractivity contribution in [2.75, 3.05) is 36.1 Å². The first kappa shape index (κ1) is 16.0. The summed E-state index contributed by atoms with van der Waals surface area (Å²) in [5, 5.41) is 0. The molecular formula is C16H24N2O2S. The average Bonchev–Trinajstić information content (AvgIpc) is 2.60. The number of nitrogen functional groups attached to an aromatic ring is 1. The maximum Gasteiger partial charge on any atom is 0.340 e. The Morgan fingerprint density at radius 1 is 1.43 bits per heavy atom. The minimum Gasteiger partial charge on any atom is -0.462 e. The lowest BCUT2D eigenvalue weighted by Crippen LogP contribution is -2.28. The molecule has 4 nitrogen and oxygen atoms in total. The van der Waals surface area contributed by atoms with Gasteiger partial charge in [-0.3, -0.25) is 0 Å². The van der Waals surface area contributed by atoms with Crippen LogP contribution in [-0.4, -0.2) is 36.2 Å². The molecule has 0 amide bonds. The van der Waals surface area contributed by atoms with Crippen LogP contribution in [0.5, 0.6) is 0 Å². The Labute approximate surface area is 131 Å². The van der Waals surface area contributed by atoms with Crippen LogP contribution in [0.4, 0.5) is 11.4 Å². The fraction of sp³-hybridized carbons (Fsp3) is 0.562. The molecule has 1 aromatic carbocycles. The van der Waals surface area contributed by atoms with Gasteiger partial charge >= 0.3 is 5.97 Å². The quantitative estimate of drug-likeness (QED) is 0.686. The summed E-state index contributed by atoms with van der Waals surface area (Å²) in [4.78, 5) is 14.2. The van der Waals surface area contributed by atoms with E-state index in [9.17, 15) is 4.79 Å². The van der Waals surface area contributed by atoms with Gasteiger partial charge in [-0.05, 0) is 25.5 Å². The third-order valence-electron chi connectivity index (χ3n) is 3.76. The second-order valence-electron chi connectivity index (χ2n) is 5.80. The topological polar surface area (TPSA) is 55.6 Å². The van der Waals surface area contributed by atoms with Gasteiger partial charge in [0.15, 0.2) is 0 Å². The molecule has 5 heteroatoms. The molecule has 21 heavy (non-hydrogen) atoms. The van der Waals surface area contributed by atoms with Gasteiger partial charge in [0.1, 0.15) is 0 Å². The number of esters is 1. The zero-order valence-corrected chi connectivity index (χ0v) is 13.8. The maximum atomic E-state index is 11.9. The molecule has 0 saturated carbocycles. The lowest BCUT2D eigenvalue weighted by Gasteiger charge is -2.26. The van der Waals surface area contributed by atoms with Crippen molar-refractivity contribution >= 4 is 29.1 Å². The van der Waals surface area contributed by atoms with Gasteiger partial charge in [-0.2, -0.15) is 11.8 Å². The van der Waals surface area contributed by atoms with E-state index in [1.807, 2.05) is 23.9 Å². The van der Waals surface area contributed by atoms with E-state index in [2.05, 4.69) is 18.7 Å². The first-order chi connectivity index (χ1) is 9.94. The molecule has 1 saturated heterocycles. The molecule has 116 valence electrons. The fourth-order valence-electron chi connectivity index (χ4n) is 2.48. The number of para-hydroxylation sites is 1. The summed E-state index contributed by atoms with van der Waals surface area (Å²) in [5.74, 6) is 0.720. The van der Waals surface area contributed by atoms with E-state index in [1.165, 1.54) is 0 Å². The number of thioether (sulfide) groups is 1. The van der Waals surface area contributed by atoms with E-state index in [0.29, 0.717) is 22.6 Å². The first-order valence-corrected chi connectivity index (χ1v) is 8.37. The summed E-state index contributed by atoms with van der Waals surface area (Å²) in [6.45, 7) is 8.61. The second-order valence-corrected chi connectivity index (χ2v) is 7.61. The highest BCUT2D eigenvalue weighted by Gasteiger charge is 2.25. The number of rotatable bonds is 3. The van der Waals surface area contributed by atoms with Crippen LogP contribution in [-0.2, 0) is 4.74 Å². The Balaban J connectivity index is 2.24. The van der Waals surface area contributed by atoms with E-state index in [1.54, 1.807) is 13.0 Å². The molecule has 0 aliphatic carbocycles. The molecule has 0 radical (unpaired) electrons. The molecule has 1 aromatic rings. The van der Waals surface area contributed by atoms with Crippen LogP contribution >= 0.6 is 11.8 Å². The van der Waals surface area contributed by atoms with Gasteiger partial charge in [0, 0.05) is 23.6 Å². The molecule has 2 rings (SSSR count). The second kappa shape index (κ2) is 6.60. The molecule has 0 aromatic heterocycles. The number of carbonyl (C=O) groups excluding carboxylic acids is 1. The number of carbonyl (C=O) groups is 1. The van der Waals surface area contributed by atoms with Crippen molar-refractivity contribution in [3.8, 4) is 0 Å². The number of hydrogen-bond acceptors (Lipinski definition) is 5. The van der Waals surface area contributed by atoms with Crippen molar-refractivity contribution in [1.82, 2.24) is 0 Å². The third-order valence-corrected chi connectivity index (χ3v) is 5.13. The highest BCUT2D eigenvalue weighted by Crippen LogP contribution is 2.34. The predicted molar refractivity (Wildman–Crippen MR) is 90.2 cm³/mol. The van der Waals surface area contributed by atoms with Crippen LogP contribution < -0.4 is 10.6 Å². The van der Waals surface area contributed by atoms with Gasteiger partial charge in [0.25, 0.3) is 0 Å². The summed E-state index contributed by atoms with van der Waals surface area (Å²) >= 11 is 1.99. The standard InChI is InChI=1S/C16H24N2O2S/c1-4-20-15(19)12-6-5-7-13(14(12)17)18-9-8-16(2,3)21-11-10-18/h5-7H,4,8-11,17H2,1-3H3. The van der Waals surface area contributed by atoms with Gasteiger partial charge in [0.05, 0.1) is 23.5 Å². The Morgan fingerprint density at radius 2 is 2.19 bits per heavy atom. The number of benzene rings is 1. The Bertz CT molecular complexity index is 517. The zero-order valence-electron chi connectivity index (χ0n) is 13.0. The van der Waals surface area contributed by atoms with E-state index in [-0.39, 0.29) is 5.97 Å². The summed E-state index contributed by atoms with van der Waals surface area (Å²) in [6.07, 6.45) is 1.10. The van der Waals surface area contributed by atoms with Gasteiger partial charge in [0.2, 0.25) is 0 Å². The summed E-state index contributed by atoms with van der Waals surface area (Å²) in [7, 11) is 0. The van der Waals surface area contributed by atoms with E-state index in [0.717, 1.165) is 31.0 Å². The molecule has 2 N–H and O–H groups in total. The Hall–Kier alpha value is -1.36. The Kier molecular flexibility index (Phi) is 5.04. The predicted octanol–water partition coefficient (Wildman–Crippen LogP) is 3.17. The smallest absolute Gasteiger partial charge is 0.340 e. The van der Waals surface area contributed by atoms with Crippen LogP contribution in [0.2, 0.25) is 0 Å². The van der Waals surface area contributed by atoms with Crippen LogP contribution in [0.3, 0.4) is 0 Å². The van der Waals surface area contributed by atoms with Gasteiger partial charge in [-0.25, -0.2) is 4.79 Å². The minimum atomic E-state index is -0.346. The summed E-state index contributed by atoms with van der Waals surface area (Å²) < 4.78 is 5.36. The third kappa shape index (κ3) is 3.84. The van der Waals surface area contributed by atoms with Gasteiger partial charge < -0.3 is 15.4 Å². The van der Waals surface area contributed by atoms with Gasteiger partial charge in [-0.1, -0.05) is 19.9 Å². The number of ether oxygens (including phenoxy) is 1. The highest BCUT2D eigenvalue weighted by atomic mass is 32.2. The van der Waals surface area contributed by atoms with Crippen molar-refractivity contribution in [1.29, 1.82) is 0 Å². The van der Waals surface area contributed by atoms with E-state index in [4.69, 9.17) is 10.5 Å². The molecule has 0 atom stereocenters. The van der Waals surface area contributed by atoms with E-state index < -0.39 is 0 Å². The largest absolute Gasteiger partial charge is 0.462 e. The van der Waals surface area contributed by atoms with Crippen molar-refractivity contribution in [3.63, 3.8) is 0 Å². The lowest BCUT2D eigenvalue weighted by atomic mass is 10.1. The molecule has 0 bridgehead atoms. The summed E-state index contributed by atoms with van der Waals surface area (Å²) in [6, 6.07) is 5.59. The maximum absolute atomic E-state index is 11.9. The molecule has 1 aliphatic rings. The number of anilines is 2.